The van der Waals surface area contributed by atoms with Crippen molar-refractivity contribution >= 4 is 0 Å². The highest BCUT2D eigenvalue weighted by molar-refractivity contribution is 5.26. The molecular weight excluding hydrogens is 182 g/mol. The normalized spacial score (nSPS) is 10.3. The van der Waals surface area contributed by atoms with Crippen LogP contribution < -0.4 is 5.73 Å². The molecule has 1 aromatic carbocycles. The van der Waals surface area contributed by atoms with E-state index in [2.05, 4.69) is 31.2 Å². The van der Waals surface area contributed by atoms with Crippen molar-refractivity contribution in [2.45, 2.75) is 54.0 Å². The van der Waals surface area contributed by atoms with Gasteiger partial charge in [-0.15, -0.1) is 0 Å². The summed E-state index contributed by atoms with van der Waals surface area (Å²) in [6.45, 7) is 12.2. The van der Waals surface area contributed by atoms with Gasteiger partial charge in [0.05, 0.1) is 0 Å². The first-order valence-corrected chi connectivity index (χ1v) is 6.00. The van der Waals surface area contributed by atoms with E-state index in [1.54, 1.807) is 0 Å². The number of benzene rings is 1. The third-order valence-electron chi connectivity index (χ3n) is 1.80. The van der Waals surface area contributed by atoms with Crippen LogP contribution in [0.3, 0.4) is 0 Å². The van der Waals surface area contributed by atoms with Gasteiger partial charge in [0.25, 0.3) is 0 Å². The Bertz CT molecular complexity index is 229. The Morgan fingerprint density at radius 1 is 1.07 bits per heavy atom. The van der Waals surface area contributed by atoms with Gasteiger partial charge in [0, 0.05) is 6.04 Å². The van der Waals surface area contributed by atoms with Crippen LogP contribution in [0.5, 0.6) is 0 Å². The molecule has 2 N–H and O–H groups in total. The fourth-order valence-electron chi connectivity index (χ4n) is 1.19. The smallest absolute Gasteiger partial charge is 0.00510 e. The molecule has 0 aliphatic rings. The lowest BCUT2D eigenvalue weighted by molar-refractivity contribution is 0.735. The van der Waals surface area contributed by atoms with Gasteiger partial charge in [0.2, 0.25) is 0 Å². The van der Waals surface area contributed by atoms with Gasteiger partial charge in [-0.3, -0.25) is 0 Å². The molecule has 1 unspecified atom stereocenters. The first-order chi connectivity index (χ1) is 7.20. The summed E-state index contributed by atoms with van der Waals surface area (Å²) in [5.41, 5.74) is 8.39. The standard InChI is InChI=1S/C10H15N.2C2H6/c1-8-5-3-4-6-10(8)7-9(2)11;2*1-2/h3-6,9H,7,11H2,1-2H3;2*1-2H3. The van der Waals surface area contributed by atoms with Gasteiger partial charge in [-0.2, -0.15) is 0 Å². The third-order valence-corrected chi connectivity index (χ3v) is 1.80. The van der Waals surface area contributed by atoms with Gasteiger partial charge < -0.3 is 5.73 Å². The molecule has 1 heteroatoms. The van der Waals surface area contributed by atoms with E-state index in [9.17, 15) is 0 Å². The van der Waals surface area contributed by atoms with Crippen molar-refractivity contribution in [2.75, 3.05) is 0 Å². The summed E-state index contributed by atoms with van der Waals surface area (Å²) in [4.78, 5) is 0. The Labute approximate surface area is 95.7 Å². The summed E-state index contributed by atoms with van der Waals surface area (Å²) in [6, 6.07) is 8.64. The molecule has 1 aromatic rings. The van der Waals surface area contributed by atoms with Crippen molar-refractivity contribution in [3.63, 3.8) is 0 Å². The molecule has 88 valence electrons. The van der Waals surface area contributed by atoms with Gasteiger partial charge in [-0.1, -0.05) is 52.0 Å². The first kappa shape index (κ1) is 16.6. The fourth-order valence-corrected chi connectivity index (χ4v) is 1.19. The highest BCUT2D eigenvalue weighted by Gasteiger charge is 1.99. The van der Waals surface area contributed by atoms with Crippen LogP contribution in [0.4, 0.5) is 0 Å². The van der Waals surface area contributed by atoms with Gasteiger partial charge in [-0.05, 0) is 31.4 Å². The van der Waals surface area contributed by atoms with E-state index in [0.29, 0.717) is 0 Å². The number of hydrogen-bond acceptors (Lipinski definition) is 1. The molecule has 0 amide bonds. The maximum absolute atomic E-state index is 5.69. The van der Waals surface area contributed by atoms with E-state index in [-0.39, 0.29) is 6.04 Å². The van der Waals surface area contributed by atoms with E-state index >= 15 is 0 Å². The number of rotatable bonds is 2. The molecule has 0 heterocycles. The van der Waals surface area contributed by atoms with E-state index in [1.165, 1.54) is 11.1 Å². The molecule has 0 aromatic heterocycles. The van der Waals surface area contributed by atoms with Crippen molar-refractivity contribution in [3.05, 3.63) is 35.4 Å². The molecule has 0 bridgehead atoms. The zero-order valence-corrected chi connectivity index (χ0v) is 11.2. The second-order valence-electron chi connectivity index (χ2n) is 3.11. The third kappa shape index (κ3) is 8.19. The van der Waals surface area contributed by atoms with E-state index in [4.69, 9.17) is 5.73 Å². The summed E-state index contributed by atoms with van der Waals surface area (Å²) < 4.78 is 0. The largest absolute Gasteiger partial charge is 0.328 e. The monoisotopic (exact) mass is 209 g/mol. The van der Waals surface area contributed by atoms with Gasteiger partial charge in [0.1, 0.15) is 0 Å². The Kier molecular flexibility index (Phi) is 12.5. The molecule has 0 saturated carbocycles. The van der Waals surface area contributed by atoms with Crippen LogP contribution in [0.1, 0.15) is 45.7 Å². The molecule has 0 spiro atoms. The van der Waals surface area contributed by atoms with E-state index < -0.39 is 0 Å². The van der Waals surface area contributed by atoms with Crippen molar-refractivity contribution in [1.82, 2.24) is 0 Å². The lowest BCUT2D eigenvalue weighted by atomic mass is 10.0. The Morgan fingerprint density at radius 2 is 1.53 bits per heavy atom. The molecule has 1 atom stereocenters. The SMILES string of the molecule is CC.CC.Cc1ccccc1CC(C)N. The second-order valence-corrected chi connectivity index (χ2v) is 3.11. The zero-order valence-electron chi connectivity index (χ0n) is 11.2. The molecule has 0 radical (unpaired) electrons. The Hall–Kier alpha value is -0.820. The summed E-state index contributed by atoms with van der Waals surface area (Å²) in [6.07, 6.45) is 0.979. The number of hydrogen-bond donors (Lipinski definition) is 1. The van der Waals surface area contributed by atoms with Crippen LogP contribution >= 0.6 is 0 Å². The first-order valence-electron chi connectivity index (χ1n) is 6.00. The highest BCUT2D eigenvalue weighted by Crippen LogP contribution is 2.08. The summed E-state index contributed by atoms with van der Waals surface area (Å²) in [5.74, 6) is 0. The van der Waals surface area contributed by atoms with Crippen molar-refractivity contribution in [3.8, 4) is 0 Å². The van der Waals surface area contributed by atoms with Crippen LogP contribution in [0.2, 0.25) is 0 Å². The average Bonchev–Trinajstić information content (AvgIpc) is 2.27. The molecule has 0 saturated heterocycles. The average molecular weight is 209 g/mol. The predicted octanol–water partition coefficient (Wildman–Crippen LogP) is 3.94. The molecule has 0 fully saturated rings. The van der Waals surface area contributed by atoms with Crippen molar-refractivity contribution < 1.29 is 0 Å². The zero-order chi connectivity index (χ0) is 12.3. The number of nitrogens with two attached hydrogens (primary N) is 1. The van der Waals surface area contributed by atoms with E-state index in [1.807, 2.05) is 34.6 Å². The van der Waals surface area contributed by atoms with Crippen LogP contribution in [-0.4, -0.2) is 6.04 Å². The fraction of sp³-hybridized carbons (Fsp3) is 0.571. The van der Waals surface area contributed by atoms with Gasteiger partial charge >= 0.3 is 0 Å². The van der Waals surface area contributed by atoms with Crippen LogP contribution in [0.15, 0.2) is 24.3 Å². The molecule has 1 nitrogen and oxygen atoms in total. The lowest BCUT2D eigenvalue weighted by Gasteiger charge is -2.07. The van der Waals surface area contributed by atoms with Gasteiger partial charge in [-0.25, -0.2) is 0 Å². The quantitative estimate of drug-likeness (QED) is 0.784. The Balaban J connectivity index is 0. The van der Waals surface area contributed by atoms with Crippen LogP contribution in [0, 0.1) is 6.92 Å². The van der Waals surface area contributed by atoms with Gasteiger partial charge in [0.15, 0.2) is 0 Å². The van der Waals surface area contributed by atoms with Crippen molar-refractivity contribution in [2.24, 2.45) is 5.73 Å². The molecule has 1 rings (SSSR count). The summed E-state index contributed by atoms with van der Waals surface area (Å²) >= 11 is 0. The minimum absolute atomic E-state index is 0.260. The molecule has 0 aliphatic heterocycles. The van der Waals surface area contributed by atoms with Crippen LogP contribution in [-0.2, 0) is 6.42 Å². The predicted molar refractivity (Wildman–Crippen MR) is 71.2 cm³/mol. The summed E-state index contributed by atoms with van der Waals surface area (Å²) in [7, 11) is 0. The maximum Gasteiger partial charge on any atom is 0.00510 e. The minimum Gasteiger partial charge on any atom is -0.328 e. The maximum atomic E-state index is 5.69. The molecule has 0 aliphatic carbocycles. The van der Waals surface area contributed by atoms with Crippen molar-refractivity contribution in [1.29, 1.82) is 0 Å². The molecule has 15 heavy (non-hydrogen) atoms. The van der Waals surface area contributed by atoms with E-state index in [0.717, 1.165) is 6.42 Å². The number of aryl methyl sites for hydroxylation is 1. The summed E-state index contributed by atoms with van der Waals surface area (Å²) in [5, 5.41) is 0. The second kappa shape index (κ2) is 11.3. The molecular formula is C14H27N. The lowest BCUT2D eigenvalue weighted by Crippen LogP contribution is -2.18. The Morgan fingerprint density at radius 3 is 1.93 bits per heavy atom. The highest BCUT2D eigenvalue weighted by atomic mass is 14.6. The topological polar surface area (TPSA) is 26.0 Å². The minimum atomic E-state index is 0.260. The van der Waals surface area contributed by atoms with Crippen LogP contribution in [0.25, 0.3) is 0 Å².